The summed E-state index contributed by atoms with van der Waals surface area (Å²) in [4.78, 5) is 25.6. The van der Waals surface area contributed by atoms with E-state index in [-0.39, 0.29) is 22.6 Å². The second-order valence-electron chi connectivity index (χ2n) is 9.37. The zero-order valence-corrected chi connectivity index (χ0v) is 16.6. The third-order valence-corrected chi connectivity index (χ3v) is 7.22. The Morgan fingerprint density at radius 2 is 1.78 bits per heavy atom. The van der Waals surface area contributed by atoms with Gasteiger partial charge in [-0.25, -0.2) is 0 Å². The van der Waals surface area contributed by atoms with Crippen molar-refractivity contribution in [2.75, 3.05) is 6.54 Å². The van der Waals surface area contributed by atoms with E-state index >= 15 is 0 Å². The van der Waals surface area contributed by atoms with Gasteiger partial charge in [0.15, 0.2) is 0 Å². The Balaban J connectivity index is 1.54. The van der Waals surface area contributed by atoms with Gasteiger partial charge < -0.3 is 10.6 Å². The Morgan fingerprint density at radius 1 is 1.11 bits per heavy atom. The summed E-state index contributed by atoms with van der Waals surface area (Å²) in [5, 5.41) is 5.95. The van der Waals surface area contributed by atoms with Crippen molar-refractivity contribution in [2.24, 2.45) is 17.3 Å². The van der Waals surface area contributed by atoms with Crippen LogP contribution in [0, 0.1) is 17.3 Å². The van der Waals surface area contributed by atoms with Crippen LogP contribution in [0.15, 0.2) is 30.3 Å². The van der Waals surface area contributed by atoms with Crippen LogP contribution >= 0.6 is 0 Å². The quantitative estimate of drug-likeness (QED) is 0.807. The molecule has 0 saturated heterocycles. The Bertz CT molecular complexity index is 700. The molecule has 2 N–H and O–H groups in total. The standard InChI is InChI=1S/C23H32N2O2/c1-3-9-24-20(26)16(2)25-21(27)23-13-17-10-18(14-23)12-22(11-17,15-23)19-7-5-4-6-8-19/h4-8,16-18H,3,9-15H2,1-2H3,(H,24,26)(H,25,27). The lowest BCUT2D eigenvalue weighted by molar-refractivity contribution is -0.151. The molecule has 0 spiro atoms. The van der Waals surface area contributed by atoms with Crippen LogP contribution in [-0.2, 0) is 15.0 Å². The van der Waals surface area contributed by atoms with E-state index in [0.717, 1.165) is 25.7 Å². The Labute approximate surface area is 162 Å². The molecule has 4 nitrogen and oxygen atoms in total. The normalized spacial score (nSPS) is 34.9. The molecule has 0 aromatic heterocycles. The molecule has 4 fully saturated rings. The summed E-state index contributed by atoms with van der Waals surface area (Å²) >= 11 is 0. The molecule has 4 aliphatic carbocycles. The third kappa shape index (κ3) is 3.28. The summed E-state index contributed by atoms with van der Waals surface area (Å²) in [5.74, 6) is 1.31. The van der Waals surface area contributed by atoms with Gasteiger partial charge in [-0.3, -0.25) is 9.59 Å². The van der Waals surface area contributed by atoms with E-state index in [9.17, 15) is 9.59 Å². The maximum atomic E-state index is 13.4. The van der Waals surface area contributed by atoms with Crippen molar-refractivity contribution in [1.82, 2.24) is 10.6 Å². The van der Waals surface area contributed by atoms with Crippen molar-refractivity contribution >= 4 is 11.8 Å². The first-order chi connectivity index (χ1) is 13.0. The minimum Gasteiger partial charge on any atom is -0.354 e. The SMILES string of the molecule is CCCNC(=O)C(C)NC(=O)C12CC3CC(C1)CC(c1ccccc1)(C3)C2. The van der Waals surface area contributed by atoms with Crippen molar-refractivity contribution in [3.8, 4) is 0 Å². The molecule has 2 amide bonds. The van der Waals surface area contributed by atoms with Gasteiger partial charge in [0.1, 0.15) is 6.04 Å². The predicted octanol–water partition coefficient (Wildman–Crippen LogP) is 3.56. The van der Waals surface area contributed by atoms with Crippen LogP contribution in [0.2, 0.25) is 0 Å². The summed E-state index contributed by atoms with van der Waals surface area (Å²) in [6.45, 7) is 4.49. The fraction of sp³-hybridized carbons (Fsp3) is 0.652. The van der Waals surface area contributed by atoms with Crippen molar-refractivity contribution in [2.45, 2.75) is 70.3 Å². The van der Waals surface area contributed by atoms with Gasteiger partial charge in [0.05, 0.1) is 5.41 Å². The average molecular weight is 369 g/mol. The summed E-state index contributed by atoms with van der Waals surface area (Å²) in [6, 6.07) is 10.4. The van der Waals surface area contributed by atoms with Crippen molar-refractivity contribution < 1.29 is 9.59 Å². The van der Waals surface area contributed by atoms with Crippen LogP contribution in [0.1, 0.15) is 64.4 Å². The second-order valence-corrected chi connectivity index (χ2v) is 9.37. The number of carbonyl (C=O) groups is 2. The van der Waals surface area contributed by atoms with E-state index < -0.39 is 6.04 Å². The molecule has 3 unspecified atom stereocenters. The van der Waals surface area contributed by atoms with Gasteiger partial charge in [0.25, 0.3) is 0 Å². The summed E-state index contributed by atoms with van der Waals surface area (Å²) in [6.07, 6.45) is 7.53. The summed E-state index contributed by atoms with van der Waals surface area (Å²) in [7, 11) is 0. The van der Waals surface area contributed by atoms with Gasteiger partial charge >= 0.3 is 0 Å². The summed E-state index contributed by atoms with van der Waals surface area (Å²) in [5.41, 5.74) is 1.26. The molecule has 3 atom stereocenters. The smallest absolute Gasteiger partial charge is 0.242 e. The van der Waals surface area contributed by atoms with Gasteiger partial charge in [-0.1, -0.05) is 37.3 Å². The molecule has 5 rings (SSSR count). The molecule has 0 radical (unpaired) electrons. The minimum absolute atomic E-state index is 0.0762. The molecule has 0 heterocycles. The van der Waals surface area contributed by atoms with E-state index in [1.54, 1.807) is 6.92 Å². The van der Waals surface area contributed by atoms with E-state index in [1.165, 1.54) is 24.8 Å². The van der Waals surface area contributed by atoms with E-state index in [2.05, 4.69) is 41.0 Å². The average Bonchev–Trinajstić information content (AvgIpc) is 2.65. The summed E-state index contributed by atoms with van der Waals surface area (Å²) < 4.78 is 0. The van der Waals surface area contributed by atoms with Crippen LogP contribution in [0.4, 0.5) is 0 Å². The monoisotopic (exact) mass is 368 g/mol. The fourth-order valence-corrected chi connectivity index (χ4v) is 6.47. The van der Waals surface area contributed by atoms with E-state index in [0.29, 0.717) is 18.4 Å². The highest BCUT2D eigenvalue weighted by molar-refractivity contribution is 5.90. The number of rotatable bonds is 6. The maximum absolute atomic E-state index is 13.4. The highest BCUT2D eigenvalue weighted by atomic mass is 16.2. The first-order valence-corrected chi connectivity index (χ1v) is 10.6. The van der Waals surface area contributed by atoms with Crippen LogP contribution in [0.3, 0.4) is 0 Å². The van der Waals surface area contributed by atoms with Crippen molar-refractivity contribution in [1.29, 1.82) is 0 Å². The number of amides is 2. The predicted molar refractivity (Wildman–Crippen MR) is 106 cm³/mol. The van der Waals surface area contributed by atoms with Gasteiger partial charge in [-0.2, -0.15) is 0 Å². The lowest BCUT2D eigenvalue weighted by Crippen LogP contribution is -2.60. The molecule has 4 heteroatoms. The Hall–Kier alpha value is -1.84. The molecular formula is C23H32N2O2. The number of nitrogens with one attached hydrogen (secondary N) is 2. The lowest BCUT2D eigenvalue weighted by Gasteiger charge is -2.61. The van der Waals surface area contributed by atoms with Gasteiger partial charge in [0, 0.05) is 6.54 Å². The van der Waals surface area contributed by atoms with Crippen molar-refractivity contribution in [3.63, 3.8) is 0 Å². The molecule has 146 valence electrons. The molecule has 1 aromatic rings. The zero-order chi connectivity index (χ0) is 19.1. The molecule has 4 bridgehead atoms. The molecule has 4 aliphatic rings. The minimum atomic E-state index is -0.468. The molecule has 27 heavy (non-hydrogen) atoms. The largest absolute Gasteiger partial charge is 0.354 e. The van der Waals surface area contributed by atoms with Gasteiger partial charge in [-0.05, 0) is 74.7 Å². The highest BCUT2D eigenvalue weighted by Gasteiger charge is 2.61. The van der Waals surface area contributed by atoms with Crippen molar-refractivity contribution in [3.05, 3.63) is 35.9 Å². The first kappa shape index (κ1) is 18.5. The fourth-order valence-electron chi connectivity index (χ4n) is 6.47. The van der Waals surface area contributed by atoms with Crippen LogP contribution in [-0.4, -0.2) is 24.4 Å². The molecule has 0 aliphatic heterocycles. The van der Waals surface area contributed by atoms with Crippen LogP contribution in [0.5, 0.6) is 0 Å². The number of carbonyl (C=O) groups excluding carboxylic acids is 2. The van der Waals surface area contributed by atoms with Gasteiger partial charge in [0.2, 0.25) is 11.8 Å². The number of benzene rings is 1. The van der Waals surface area contributed by atoms with Crippen LogP contribution in [0.25, 0.3) is 0 Å². The van der Waals surface area contributed by atoms with Gasteiger partial charge in [-0.15, -0.1) is 0 Å². The molecule has 4 saturated carbocycles. The first-order valence-electron chi connectivity index (χ1n) is 10.6. The maximum Gasteiger partial charge on any atom is 0.242 e. The topological polar surface area (TPSA) is 58.2 Å². The highest BCUT2D eigenvalue weighted by Crippen LogP contribution is 2.65. The second kappa shape index (κ2) is 6.96. The molecular weight excluding hydrogens is 336 g/mol. The number of hydrogen-bond donors (Lipinski definition) is 2. The third-order valence-electron chi connectivity index (χ3n) is 7.22. The number of hydrogen-bond acceptors (Lipinski definition) is 2. The Morgan fingerprint density at radius 3 is 2.41 bits per heavy atom. The zero-order valence-electron chi connectivity index (χ0n) is 16.6. The molecule has 1 aromatic carbocycles. The Kier molecular flexibility index (Phi) is 4.77. The van der Waals surface area contributed by atoms with Crippen LogP contribution < -0.4 is 10.6 Å². The van der Waals surface area contributed by atoms with E-state index in [1.807, 2.05) is 6.92 Å². The van der Waals surface area contributed by atoms with E-state index in [4.69, 9.17) is 0 Å². The lowest BCUT2D eigenvalue weighted by atomic mass is 9.42.